The summed E-state index contributed by atoms with van der Waals surface area (Å²) in [6.07, 6.45) is 5.62. The molecule has 15 heavy (non-hydrogen) atoms. The van der Waals surface area contributed by atoms with Crippen molar-refractivity contribution in [3.8, 4) is 11.1 Å². The maximum absolute atomic E-state index is 4.12. The Balaban J connectivity index is 2.19. The lowest BCUT2D eigenvalue weighted by Gasteiger charge is -2.00. The number of aromatic nitrogens is 2. The first-order valence-corrected chi connectivity index (χ1v) is 4.91. The van der Waals surface area contributed by atoms with Gasteiger partial charge in [-0.05, 0) is 29.1 Å². The lowest BCUT2D eigenvalue weighted by molar-refractivity contribution is 1.33. The predicted molar refractivity (Wildman–Crippen MR) is 61.5 cm³/mol. The van der Waals surface area contributed by atoms with Gasteiger partial charge in [0.25, 0.3) is 0 Å². The molecule has 0 spiro atoms. The zero-order valence-electron chi connectivity index (χ0n) is 8.14. The molecular formula is C13H10N2. The van der Waals surface area contributed by atoms with E-state index in [1.807, 2.05) is 18.5 Å². The van der Waals surface area contributed by atoms with E-state index in [9.17, 15) is 0 Å². The third-order valence-corrected chi connectivity index (χ3v) is 2.55. The van der Waals surface area contributed by atoms with Gasteiger partial charge in [0.2, 0.25) is 0 Å². The Bertz CT molecular complexity index is 582. The van der Waals surface area contributed by atoms with Gasteiger partial charge >= 0.3 is 0 Å². The van der Waals surface area contributed by atoms with Crippen molar-refractivity contribution in [1.29, 1.82) is 0 Å². The van der Waals surface area contributed by atoms with Crippen molar-refractivity contribution >= 4 is 10.9 Å². The Morgan fingerprint density at radius 1 is 1.00 bits per heavy atom. The molecule has 0 saturated heterocycles. The second kappa shape index (κ2) is 3.24. The minimum absolute atomic E-state index is 1.15. The molecule has 72 valence electrons. The second-order valence-corrected chi connectivity index (χ2v) is 3.52. The third-order valence-electron chi connectivity index (χ3n) is 2.55. The average molecular weight is 194 g/mol. The number of hydrogen-bond donors (Lipinski definition) is 1. The summed E-state index contributed by atoms with van der Waals surface area (Å²) in [4.78, 5) is 7.33. The van der Waals surface area contributed by atoms with Gasteiger partial charge in [0.05, 0.1) is 0 Å². The van der Waals surface area contributed by atoms with Crippen molar-refractivity contribution in [3.63, 3.8) is 0 Å². The largest absolute Gasteiger partial charge is 0.361 e. The summed E-state index contributed by atoms with van der Waals surface area (Å²) in [6.45, 7) is 0. The Kier molecular flexibility index (Phi) is 1.78. The van der Waals surface area contributed by atoms with Crippen LogP contribution in [-0.4, -0.2) is 9.97 Å². The van der Waals surface area contributed by atoms with Crippen LogP contribution in [0.4, 0.5) is 0 Å². The van der Waals surface area contributed by atoms with Crippen LogP contribution in [-0.2, 0) is 0 Å². The van der Waals surface area contributed by atoms with Crippen LogP contribution in [0.2, 0.25) is 0 Å². The molecule has 0 aliphatic carbocycles. The summed E-state index contributed by atoms with van der Waals surface area (Å²) in [5, 5.41) is 1.24. The summed E-state index contributed by atoms with van der Waals surface area (Å²) in [5.74, 6) is 0. The third kappa shape index (κ3) is 1.40. The minimum atomic E-state index is 1.15. The van der Waals surface area contributed by atoms with E-state index in [1.165, 1.54) is 10.9 Å². The van der Waals surface area contributed by atoms with Crippen molar-refractivity contribution in [2.45, 2.75) is 0 Å². The maximum atomic E-state index is 4.12. The fourth-order valence-electron chi connectivity index (χ4n) is 1.76. The van der Waals surface area contributed by atoms with Gasteiger partial charge in [0, 0.05) is 29.7 Å². The van der Waals surface area contributed by atoms with Gasteiger partial charge in [-0.2, -0.15) is 0 Å². The monoisotopic (exact) mass is 194 g/mol. The zero-order valence-corrected chi connectivity index (χ0v) is 8.14. The Morgan fingerprint density at radius 2 is 2.00 bits per heavy atom. The molecule has 0 aliphatic heterocycles. The van der Waals surface area contributed by atoms with Crippen LogP contribution in [0, 0.1) is 0 Å². The van der Waals surface area contributed by atoms with E-state index >= 15 is 0 Å². The van der Waals surface area contributed by atoms with Crippen LogP contribution in [0.1, 0.15) is 0 Å². The molecule has 0 saturated carbocycles. The summed E-state index contributed by atoms with van der Waals surface area (Å²) >= 11 is 0. The fraction of sp³-hybridized carbons (Fsp3) is 0. The summed E-state index contributed by atoms with van der Waals surface area (Å²) in [5.41, 5.74) is 3.50. The van der Waals surface area contributed by atoms with E-state index in [-0.39, 0.29) is 0 Å². The predicted octanol–water partition coefficient (Wildman–Crippen LogP) is 3.23. The Labute approximate surface area is 87.6 Å². The number of pyridine rings is 1. The molecule has 0 bridgehead atoms. The number of H-pyrrole nitrogens is 1. The number of nitrogens with zero attached hydrogens (tertiary/aromatic N) is 1. The fourth-order valence-corrected chi connectivity index (χ4v) is 1.76. The Hall–Kier alpha value is -2.09. The van der Waals surface area contributed by atoms with E-state index in [1.54, 1.807) is 6.20 Å². The van der Waals surface area contributed by atoms with Gasteiger partial charge < -0.3 is 4.98 Å². The van der Waals surface area contributed by atoms with Crippen molar-refractivity contribution in [1.82, 2.24) is 9.97 Å². The SMILES string of the molecule is c1cncc(-c2ccc3cc[nH]c3c2)c1. The topological polar surface area (TPSA) is 28.7 Å². The van der Waals surface area contributed by atoms with Crippen molar-refractivity contribution in [2.24, 2.45) is 0 Å². The van der Waals surface area contributed by atoms with Gasteiger partial charge in [-0.3, -0.25) is 4.98 Å². The van der Waals surface area contributed by atoms with Crippen molar-refractivity contribution in [3.05, 3.63) is 55.0 Å². The maximum Gasteiger partial charge on any atom is 0.0460 e. The van der Waals surface area contributed by atoms with Crippen LogP contribution in [0.25, 0.3) is 22.0 Å². The first-order chi connectivity index (χ1) is 7.43. The van der Waals surface area contributed by atoms with Gasteiger partial charge in [-0.15, -0.1) is 0 Å². The quantitative estimate of drug-likeness (QED) is 0.633. The average Bonchev–Trinajstić information content (AvgIpc) is 2.77. The molecule has 1 N–H and O–H groups in total. The first kappa shape index (κ1) is 8.24. The van der Waals surface area contributed by atoms with Crippen LogP contribution in [0.15, 0.2) is 55.0 Å². The van der Waals surface area contributed by atoms with Gasteiger partial charge in [0.1, 0.15) is 0 Å². The highest BCUT2D eigenvalue weighted by molar-refractivity contribution is 5.84. The molecule has 0 amide bonds. The van der Waals surface area contributed by atoms with E-state index in [0.717, 1.165) is 11.1 Å². The molecule has 2 heteroatoms. The standard InChI is InChI=1S/C13H10N2/c1-2-12(9-14-6-1)11-4-3-10-5-7-15-13(10)8-11/h1-9,15H. The molecule has 0 radical (unpaired) electrons. The van der Waals surface area contributed by atoms with Crippen LogP contribution >= 0.6 is 0 Å². The lowest BCUT2D eigenvalue weighted by Crippen LogP contribution is -1.78. The number of benzene rings is 1. The van der Waals surface area contributed by atoms with E-state index in [4.69, 9.17) is 0 Å². The smallest absolute Gasteiger partial charge is 0.0460 e. The van der Waals surface area contributed by atoms with Crippen LogP contribution in [0.5, 0.6) is 0 Å². The van der Waals surface area contributed by atoms with Gasteiger partial charge in [-0.1, -0.05) is 18.2 Å². The highest BCUT2D eigenvalue weighted by atomic mass is 14.7. The lowest BCUT2D eigenvalue weighted by atomic mass is 10.1. The van der Waals surface area contributed by atoms with E-state index in [0.29, 0.717) is 0 Å². The van der Waals surface area contributed by atoms with E-state index < -0.39 is 0 Å². The van der Waals surface area contributed by atoms with Gasteiger partial charge in [-0.25, -0.2) is 0 Å². The number of fused-ring (bicyclic) bond motifs is 1. The molecule has 2 heterocycles. The summed E-state index contributed by atoms with van der Waals surface area (Å²) in [7, 11) is 0. The number of nitrogens with one attached hydrogen (secondary N) is 1. The highest BCUT2D eigenvalue weighted by Gasteiger charge is 1.99. The first-order valence-electron chi connectivity index (χ1n) is 4.91. The number of rotatable bonds is 1. The van der Waals surface area contributed by atoms with Crippen LogP contribution < -0.4 is 0 Å². The molecule has 0 fully saturated rings. The second-order valence-electron chi connectivity index (χ2n) is 3.52. The van der Waals surface area contributed by atoms with Crippen molar-refractivity contribution < 1.29 is 0 Å². The highest BCUT2D eigenvalue weighted by Crippen LogP contribution is 2.22. The number of hydrogen-bond acceptors (Lipinski definition) is 1. The molecule has 0 unspecified atom stereocenters. The Morgan fingerprint density at radius 3 is 2.87 bits per heavy atom. The molecule has 2 nitrogen and oxygen atoms in total. The molecule has 0 atom stereocenters. The molecule has 0 aliphatic rings. The van der Waals surface area contributed by atoms with Crippen molar-refractivity contribution in [2.75, 3.05) is 0 Å². The van der Waals surface area contributed by atoms with Gasteiger partial charge in [0.15, 0.2) is 0 Å². The zero-order chi connectivity index (χ0) is 10.1. The summed E-state index contributed by atoms with van der Waals surface area (Å²) in [6, 6.07) is 12.5. The molecule has 3 rings (SSSR count). The minimum Gasteiger partial charge on any atom is -0.361 e. The number of aromatic amines is 1. The molecule has 2 aromatic heterocycles. The normalized spacial score (nSPS) is 10.7. The molecule has 3 aromatic rings. The molecular weight excluding hydrogens is 184 g/mol. The summed E-state index contributed by atoms with van der Waals surface area (Å²) < 4.78 is 0. The van der Waals surface area contributed by atoms with E-state index in [2.05, 4.69) is 40.3 Å². The molecule has 1 aromatic carbocycles. The van der Waals surface area contributed by atoms with Crippen LogP contribution in [0.3, 0.4) is 0 Å².